The van der Waals surface area contributed by atoms with Gasteiger partial charge >= 0.3 is 6.03 Å². The molecule has 0 unspecified atom stereocenters. The molecule has 3 amide bonds. The van der Waals surface area contributed by atoms with E-state index in [9.17, 15) is 18.0 Å². The minimum atomic E-state index is -4.08. The van der Waals surface area contributed by atoms with Crippen LogP contribution in [0.4, 0.5) is 16.2 Å². The maximum Gasteiger partial charge on any atom is 0.343 e. The Bertz CT molecular complexity index is 923. The van der Waals surface area contributed by atoms with Crippen molar-refractivity contribution in [2.75, 3.05) is 15.7 Å². The number of primary amides is 1. The van der Waals surface area contributed by atoms with Crippen molar-refractivity contribution in [3.8, 4) is 0 Å². The number of hydrogen-bond acceptors (Lipinski definition) is 4. The van der Waals surface area contributed by atoms with Gasteiger partial charge in [-0.1, -0.05) is 29.8 Å². The zero-order valence-corrected chi connectivity index (χ0v) is 13.7. The predicted molar refractivity (Wildman–Crippen MR) is 89.2 cm³/mol. The Balaban J connectivity index is 2.22. The molecule has 0 aliphatic carbocycles. The fourth-order valence-electron chi connectivity index (χ4n) is 2.55. The lowest BCUT2D eigenvalue weighted by Crippen LogP contribution is -2.53. The molecule has 0 saturated carbocycles. The molecule has 1 aliphatic rings. The second-order valence-electron chi connectivity index (χ2n) is 5.41. The molecule has 2 aromatic rings. The van der Waals surface area contributed by atoms with E-state index in [0.717, 1.165) is 10.5 Å². The minimum absolute atomic E-state index is 0.0496. The summed E-state index contributed by atoms with van der Waals surface area (Å²) in [4.78, 5) is 25.1. The average molecular weight is 345 g/mol. The molecule has 24 heavy (non-hydrogen) atoms. The zero-order valence-electron chi connectivity index (χ0n) is 12.8. The van der Waals surface area contributed by atoms with Crippen LogP contribution in [0.15, 0.2) is 53.4 Å². The summed E-state index contributed by atoms with van der Waals surface area (Å²) in [5.41, 5.74) is 6.49. The maximum atomic E-state index is 12.9. The molecule has 124 valence electrons. The van der Waals surface area contributed by atoms with Gasteiger partial charge in [-0.2, -0.15) is 4.31 Å². The first-order chi connectivity index (χ1) is 11.3. The van der Waals surface area contributed by atoms with Crippen LogP contribution in [0.3, 0.4) is 0 Å². The lowest BCUT2D eigenvalue weighted by Gasteiger charge is -2.35. The highest BCUT2D eigenvalue weighted by Crippen LogP contribution is 2.36. The molecular weight excluding hydrogens is 330 g/mol. The summed E-state index contributed by atoms with van der Waals surface area (Å²) in [7, 11) is -4.08. The molecule has 3 rings (SSSR count). The molecule has 0 fully saturated rings. The van der Waals surface area contributed by atoms with Crippen LogP contribution < -0.4 is 14.9 Å². The van der Waals surface area contributed by atoms with Crippen LogP contribution in [0.5, 0.6) is 0 Å². The van der Waals surface area contributed by atoms with Gasteiger partial charge < -0.3 is 5.73 Å². The molecule has 1 heterocycles. The van der Waals surface area contributed by atoms with Crippen molar-refractivity contribution in [3.05, 3.63) is 54.1 Å². The van der Waals surface area contributed by atoms with Crippen LogP contribution in [0, 0.1) is 6.92 Å². The summed E-state index contributed by atoms with van der Waals surface area (Å²) in [6.07, 6.45) is 0. The van der Waals surface area contributed by atoms with E-state index in [0.29, 0.717) is 4.31 Å². The molecule has 0 saturated heterocycles. The number of carbonyl (C=O) groups excluding carboxylic acids is 2. The first-order valence-electron chi connectivity index (χ1n) is 7.13. The first kappa shape index (κ1) is 16.0. The van der Waals surface area contributed by atoms with Gasteiger partial charge in [0, 0.05) is 0 Å². The quantitative estimate of drug-likeness (QED) is 0.913. The molecular formula is C16H15N3O4S. The first-order valence-corrected chi connectivity index (χ1v) is 8.57. The van der Waals surface area contributed by atoms with Gasteiger partial charge in [0.15, 0.2) is 0 Å². The Morgan fingerprint density at radius 2 is 1.71 bits per heavy atom. The maximum absolute atomic E-state index is 12.9. The van der Waals surface area contributed by atoms with Gasteiger partial charge in [-0.25, -0.2) is 13.2 Å². The number of hydrogen-bond donors (Lipinski definition) is 1. The predicted octanol–water partition coefficient (Wildman–Crippen LogP) is 1.62. The molecule has 2 N–H and O–H groups in total. The number of benzene rings is 2. The largest absolute Gasteiger partial charge is 0.368 e. The Morgan fingerprint density at radius 1 is 1.08 bits per heavy atom. The van der Waals surface area contributed by atoms with Gasteiger partial charge in [0.1, 0.15) is 11.4 Å². The number of nitrogens with zero attached hydrogens (tertiary/aromatic N) is 2. The zero-order chi connectivity index (χ0) is 17.5. The number of sulfonamides is 1. The van der Waals surface area contributed by atoms with Gasteiger partial charge in [0.05, 0.1) is 11.4 Å². The van der Waals surface area contributed by atoms with E-state index in [1.165, 1.54) is 12.1 Å². The van der Waals surface area contributed by atoms with Gasteiger partial charge in [0.25, 0.3) is 10.0 Å². The summed E-state index contributed by atoms with van der Waals surface area (Å²) < 4.78 is 26.5. The number of para-hydroxylation sites is 1. The summed E-state index contributed by atoms with van der Waals surface area (Å²) in [6.45, 7) is 1.44. The molecule has 1 aliphatic heterocycles. The number of anilines is 2. The number of rotatable bonds is 3. The number of nitrogens with two attached hydrogens (primary N) is 1. The van der Waals surface area contributed by atoms with Crippen molar-refractivity contribution < 1.29 is 18.0 Å². The van der Waals surface area contributed by atoms with Crippen LogP contribution in [0.1, 0.15) is 5.56 Å². The fourth-order valence-corrected chi connectivity index (χ4v) is 4.14. The van der Waals surface area contributed by atoms with E-state index >= 15 is 0 Å². The number of fused-ring (bicyclic) bond motifs is 1. The van der Waals surface area contributed by atoms with Gasteiger partial charge in [0.2, 0.25) is 5.91 Å². The van der Waals surface area contributed by atoms with Crippen molar-refractivity contribution in [1.82, 2.24) is 0 Å². The second-order valence-corrected chi connectivity index (χ2v) is 7.16. The van der Waals surface area contributed by atoms with E-state index < -0.39 is 28.5 Å². The Morgan fingerprint density at radius 3 is 2.33 bits per heavy atom. The molecule has 0 spiro atoms. The highest BCUT2D eigenvalue weighted by Gasteiger charge is 2.42. The van der Waals surface area contributed by atoms with Crippen molar-refractivity contribution in [2.45, 2.75) is 11.8 Å². The molecule has 2 aromatic carbocycles. The third-order valence-corrected chi connectivity index (χ3v) is 5.41. The van der Waals surface area contributed by atoms with Gasteiger partial charge in [-0.05, 0) is 31.2 Å². The van der Waals surface area contributed by atoms with Crippen LogP contribution in [0.2, 0.25) is 0 Å². The number of carbonyl (C=O) groups is 2. The Labute approximate surface area is 139 Å². The fraction of sp³-hybridized carbons (Fsp3) is 0.125. The summed E-state index contributed by atoms with van der Waals surface area (Å²) in [5, 5.41) is 0. The van der Waals surface area contributed by atoms with Crippen LogP contribution >= 0.6 is 0 Å². The molecule has 0 radical (unpaired) electrons. The number of amides is 3. The highest BCUT2D eigenvalue weighted by molar-refractivity contribution is 7.94. The standard InChI is InChI=1S/C16H15N3O4S/c1-11-6-8-12(9-7-11)19-16(21)18(10-15(17)20)13-4-2-3-5-14(13)24(19,22)23/h2-9H,10H2,1H3,(H2,17,20). The van der Waals surface area contributed by atoms with E-state index in [4.69, 9.17) is 5.73 Å². The van der Waals surface area contributed by atoms with E-state index in [-0.39, 0.29) is 16.3 Å². The van der Waals surface area contributed by atoms with E-state index in [1.54, 1.807) is 36.4 Å². The molecule has 0 bridgehead atoms. The third-order valence-electron chi connectivity index (χ3n) is 3.66. The van der Waals surface area contributed by atoms with Gasteiger partial charge in [-0.15, -0.1) is 0 Å². The summed E-state index contributed by atoms with van der Waals surface area (Å²) >= 11 is 0. The molecule has 0 atom stereocenters. The lowest BCUT2D eigenvalue weighted by atomic mass is 10.2. The summed E-state index contributed by atoms with van der Waals surface area (Å²) in [5.74, 6) is -0.735. The topological polar surface area (TPSA) is 101 Å². The number of aryl methyl sites for hydroxylation is 1. The average Bonchev–Trinajstić information content (AvgIpc) is 2.53. The highest BCUT2D eigenvalue weighted by atomic mass is 32.2. The smallest absolute Gasteiger partial charge is 0.343 e. The Hall–Kier alpha value is -2.87. The summed E-state index contributed by atoms with van der Waals surface area (Å²) in [6, 6.07) is 11.7. The lowest BCUT2D eigenvalue weighted by molar-refractivity contribution is -0.116. The van der Waals surface area contributed by atoms with Crippen molar-refractivity contribution >= 4 is 33.3 Å². The van der Waals surface area contributed by atoms with E-state index in [1.807, 2.05) is 6.92 Å². The normalized spacial score (nSPS) is 16.0. The third kappa shape index (κ3) is 2.50. The monoisotopic (exact) mass is 345 g/mol. The SMILES string of the molecule is Cc1ccc(N2C(=O)N(CC(N)=O)c3ccccc3S2(=O)=O)cc1. The van der Waals surface area contributed by atoms with Crippen molar-refractivity contribution in [1.29, 1.82) is 0 Å². The van der Waals surface area contributed by atoms with Gasteiger partial charge in [-0.3, -0.25) is 9.69 Å². The molecule has 8 heteroatoms. The molecule has 7 nitrogen and oxygen atoms in total. The van der Waals surface area contributed by atoms with Crippen LogP contribution in [0.25, 0.3) is 0 Å². The number of urea groups is 1. The van der Waals surface area contributed by atoms with Crippen molar-refractivity contribution in [3.63, 3.8) is 0 Å². The minimum Gasteiger partial charge on any atom is -0.368 e. The van der Waals surface area contributed by atoms with E-state index in [2.05, 4.69) is 0 Å². The molecule has 0 aromatic heterocycles. The second kappa shape index (κ2) is 5.64. The van der Waals surface area contributed by atoms with Crippen LogP contribution in [-0.4, -0.2) is 26.9 Å². The Kier molecular flexibility index (Phi) is 3.76. The van der Waals surface area contributed by atoms with Crippen molar-refractivity contribution in [2.24, 2.45) is 5.73 Å². The van der Waals surface area contributed by atoms with Crippen LogP contribution in [-0.2, 0) is 14.8 Å².